The summed E-state index contributed by atoms with van der Waals surface area (Å²) in [5, 5.41) is 18.3. The molecule has 2 aliphatic heterocycles. The Morgan fingerprint density at radius 2 is 1.07 bits per heavy atom. The van der Waals surface area contributed by atoms with Crippen LogP contribution in [0.15, 0.2) is 48.8 Å². The van der Waals surface area contributed by atoms with Crippen molar-refractivity contribution >= 4 is 57.3 Å². The molecule has 2 aromatic heterocycles. The van der Waals surface area contributed by atoms with Crippen LogP contribution >= 0.6 is 0 Å². The SMILES string of the molecule is CC(C)(C)C1CCC(Nc2ncc3cc(C(=O)N4C5CCCC4CC(C(=O)O)C5)ccc3n2)CC1.COC(=O)C1CC2CCCC(C1)C2C(=O)c1ccc2nc(NC3CCC(C(C)(C)C)CC3)ncc2c1. The zero-order valence-corrected chi connectivity index (χ0v) is 43.4. The number of carbonyl (C=O) groups is 4. The number of hydrogen-bond acceptors (Lipinski definition) is 11. The van der Waals surface area contributed by atoms with Gasteiger partial charge in [0.25, 0.3) is 5.91 Å². The van der Waals surface area contributed by atoms with E-state index in [4.69, 9.17) is 14.7 Å². The molecule has 4 saturated carbocycles. The summed E-state index contributed by atoms with van der Waals surface area (Å²) in [5.74, 6) is 2.37. The van der Waals surface area contributed by atoms with Crippen LogP contribution in [0, 0.1) is 52.3 Å². The van der Waals surface area contributed by atoms with Crippen molar-refractivity contribution in [3.8, 4) is 0 Å². The van der Waals surface area contributed by atoms with E-state index in [1.165, 1.54) is 32.8 Å². The minimum absolute atomic E-state index is 0.00203. The van der Waals surface area contributed by atoms with Crippen molar-refractivity contribution in [3.63, 3.8) is 0 Å². The number of nitrogens with zero attached hydrogens (tertiary/aromatic N) is 5. The molecule has 13 heteroatoms. The van der Waals surface area contributed by atoms with Gasteiger partial charge in [0, 0.05) is 64.4 Å². The number of carbonyl (C=O) groups excluding carboxylic acids is 3. The van der Waals surface area contributed by atoms with Crippen molar-refractivity contribution in [2.24, 2.45) is 52.3 Å². The maximum absolute atomic E-state index is 13.7. The van der Waals surface area contributed by atoms with Crippen LogP contribution in [0.25, 0.3) is 21.8 Å². The molecule has 1 amide bonds. The number of nitrogens with one attached hydrogen (secondary N) is 2. The second-order valence-corrected chi connectivity index (χ2v) is 24.5. The molecule has 0 radical (unpaired) electrons. The number of Topliss-reactive ketones (excluding diaryl/α,β-unsaturated/α-hetero) is 1. The lowest BCUT2D eigenvalue weighted by Gasteiger charge is -2.48. The number of methoxy groups -OCH3 is 1. The van der Waals surface area contributed by atoms with Gasteiger partial charge in [0.2, 0.25) is 11.9 Å². The quantitative estimate of drug-likeness (QED) is 0.107. The first-order valence-electron chi connectivity index (χ1n) is 27.2. The van der Waals surface area contributed by atoms with Crippen molar-refractivity contribution < 1.29 is 29.0 Å². The summed E-state index contributed by atoms with van der Waals surface area (Å²) in [5.41, 5.74) is 3.80. The molecule has 4 aromatic rings. The highest BCUT2D eigenvalue weighted by molar-refractivity contribution is 6.01. The third kappa shape index (κ3) is 11.5. The summed E-state index contributed by atoms with van der Waals surface area (Å²) >= 11 is 0. The number of anilines is 2. The number of carboxylic acids is 1. The summed E-state index contributed by atoms with van der Waals surface area (Å²) in [6.45, 7) is 14.0. The number of ether oxygens (including phenoxy) is 1. The van der Waals surface area contributed by atoms with Crippen LogP contribution in [0.1, 0.15) is 178 Å². The lowest BCUT2D eigenvalue weighted by Crippen LogP contribution is -2.55. The number of esters is 1. The maximum atomic E-state index is 13.7. The minimum atomic E-state index is -0.733. The fourth-order valence-electron chi connectivity index (χ4n) is 13.9. The topological polar surface area (TPSA) is 177 Å². The van der Waals surface area contributed by atoms with Gasteiger partial charge in [-0.25, -0.2) is 19.9 Å². The number of rotatable bonds is 9. The molecule has 6 fully saturated rings. The second kappa shape index (κ2) is 21.1. The Balaban J connectivity index is 0.000000176. The highest BCUT2D eigenvalue weighted by Gasteiger charge is 2.47. The summed E-state index contributed by atoms with van der Waals surface area (Å²) < 4.78 is 5.02. The number of hydrogen-bond donors (Lipinski definition) is 3. The molecule has 4 atom stereocenters. The number of carboxylic acid groups (broad SMARTS) is 1. The largest absolute Gasteiger partial charge is 0.481 e. The van der Waals surface area contributed by atoms with Gasteiger partial charge in [-0.15, -0.1) is 0 Å². The zero-order valence-electron chi connectivity index (χ0n) is 43.4. The van der Waals surface area contributed by atoms with Crippen molar-refractivity contribution in [2.75, 3.05) is 17.7 Å². The lowest BCUT2D eigenvalue weighted by molar-refractivity contribution is -0.149. The van der Waals surface area contributed by atoms with Gasteiger partial charge in [-0.05, 0) is 180 Å². The van der Waals surface area contributed by atoms with Crippen molar-refractivity contribution in [1.82, 2.24) is 24.8 Å². The van der Waals surface area contributed by atoms with E-state index in [0.29, 0.717) is 53.2 Å². The average molecular weight is 970 g/mol. The summed E-state index contributed by atoms with van der Waals surface area (Å²) in [6.07, 6.45) is 21.8. The van der Waals surface area contributed by atoms with Crippen molar-refractivity contribution in [2.45, 2.75) is 181 Å². The van der Waals surface area contributed by atoms with E-state index in [-0.39, 0.29) is 59.3 Å². The molecule has 4 bridgehead atoms. The molecule has 13 nitrogen and oxygen atoms in total. The van der Waals surface area contributed by atoms with E-state index < -0.39 is 5.97 Å². The van der Waals surface area contributed by atoms with Crippen LogP contribution in [-0.2, 0) is 14.3 Å². The number of ketones is 1. The monoisotopic (exact) mass is 970 g/mol. The molecule has 71 heavy (non-hydrogen) atoms. The van der Waals surface area contributed by atoms with Gasteiger partial charge in [0.15, 0.2) is 5.78 Å². The minimum Gasteiger partial charge on any atom is -0.481 e. The number of benzene rings is 2. The summed E-state index contributed by atoms with van der Waals surface area (Å²) in [7, 11) is 1.46. The second-order valence-electron chi connectivity index (χ2n) is 24.5. The Bertz CT molecular complexity index is 2540. The Labute approximate surface area is 420 Å². The van der Waals surface area contributed by atoms with Crippen LogP contribution in [0.2, 0.25) is 0 Å². The van der Waals surface area contributed by atoms with Crippen LogP contribution < -0.4 is 10.6 Å². The molecule has 3 N–H and O–H groups in total. The highest BCUT2D eigenvalue weighted by Crippen LogP contribution is 2.49. The maximum Gasteiger partial charge on any atom is 0.308 e. The lowest BCUT2D eigenvalue weighted by atomic mass is 9.59. The van der Waals surface area contributed by atoms with Crippen LogP contribution in [0.3, 0.4) is 0 Å². The Kier molecular flexibility index (Phi) is 15.1. The molecule has 10 rings (SSSR count). The first-order chi connectivity index (χ1) is 33.9. The first-order valence-corrected chi connectivity index (χ1v) is 27.2. The molecular weight excluding hydrogens is 891 g/mol. The van der Waals surface area contributed by atoms with E-state index in [1.54, 1.807) is 6.20 Å². The van der Waals surface area contributed by atoms with Crippen LogP contribution in [-0.4, -0.2) is 84.8 Å². The predicted molar refractivity (Wildman–Crippen MR) is 278 cm³/mol. The van der Waals surface area contributed by atoms with Crippen LogP contribution in [0.4, 0.5) is 11.9 Å². The number of aromatic nitrogens is 4. The molecule has 2 aromatic carbocycles. The molecule has 382 valence electrons. The van der Waals surface area contributed by atoms with E-state index in [1.807, 2.05) is 47.5 Å². The van der Waals surface area contributed by atoms with Gasteiger partial charge in [-0.1, -0.05) is 48.0 Å². The third-order valence-electron chi connectivity index (χ3n) is 18.0. The van der Waals surface area contributed by atoms with E-state index in [9.17, 15) is 24.3 Å². The number of piperidine rings is 2. The van der Waals surface area contributed by atoms with Crippen molar-refractivity contribution in [3.05, 3.63) is 59.9 Å². The van der Waals surface area contributed by atoms with E-state index in [2.05, 4.69) is 62.1 Å². The highest BCUT2D eigenvalue weighted by atomic mass is 16.5. The Morgan fingerprint density at radius 3 is 1.54 bits per heavy atom. The summed E-state index contributed by atoms with van der Waals surface area (Å²) in [6, 6.07) is 12.3. The standard InChI is InChI=1S/C30H41N3O3.C28H38N4O3/c1-30(2,3)23-9-11-24(12-10-23)32-29-31-17-22-16-20(8-13-25(22)33-29)27(34)26-18-6-5-7-19(26)15-21(14-18)28(35)36-4;1-28(2,3)20-8-10-21(11-9-20)30-27-29-16-19-13-17(7-12-24(19)31-27)25(33)32-22-5-4-6-23(32)15-18(14-22)26(34)35/h8,13,16-19,21,23-24,26H,5-7,9-12,14-15H2,1-4H3,(H,31,32,33);7,12-13,16,18,20-23H,4-6,8-11,14-15H2,1-3H3,(H,34,35)(H,29,30,31). The van der Waals surface area contributed by atoms with Gasteiger partial charge in [0.05, 0.1) is 30.0 Å². The predicted octanol–water partition coefficient (Wildman–Crippen LogP) is 11.9. The summed E-state index contributed by atoms with van der Waals surface area (Å²) in [4.78, 5) is 71.5. The molecule has 6 aliphatic rings. The molecule has 2 saturated heterocycles. The first kappa shape index (κ1) is 50.7. The number of amides is 1. The molecule has 4 unspecified atom stereocenters. The van der Waals surface area contributed by atoms with Gasteiger partial charge in [0.1, 0.15) is 0 Å². The van der Waals surface area contributed by atoms with E-state index in [0.717, 1.165) is 116 Å². The van der Waals surface area contributed by atoms with Gasteiger partial charge >= 0.3 is 11.9 Å². The van der Waals surface area contributed by atoms with E-state index >= 15 is 0 Å². The third-order valence-corrected chi connectivity index (χ3v) is 18.0. The van der Waals surface area contributed by atoms with Gasteiger partial charge < -0.3 is 25.4 Å². The number of aliphatic carboxylic acids is 1. The Morgan fingerprint density at radius 1 is 0.606 bits per heavy atom. The Hall–Kier alpha value is -5.20. The number of fused-ring (bicyclic) bond motifs is 6. The van der Waals surface area contributed by atoms with Gasteiger partial charge in [-0.3, -0.25) is 19.2 Å². The fourth-order valence-corrected chi connectivity index (χ4v) is 13.9. The zero-order chi connectivity index (χ0) is 50.2. The van der Waals surface area contributed by atoms with Crippen LogP contribution in [0.5, 0.6) is 0 Å². The van der Waals surface area contributed by atoms with Gasteiger partial charge in [-0.2, -0.15) is 0 Å². The molecule has 4 aliphatic carbocycles. The average Bonchev–Trinajstić information content (AvgIpc) is 3.34. The molecule has 0 spiro atoms. The van der Waals surface area contributed by atoms with Crippen molar-refractivity contribution in [1.29, 1.82) is 0 Å². The fraction of sp³-hybridized carbons (Fsp3) is 0.655. The smallest absolute Gasteiger partial charge is 0.308 e. The normalized spacial score (nSPS) is 29.8. The molecule has 4 heterocycles. The molecular formula is C58H79N7O6.